The molecule has 1 aromatic carbocycles. The van der Waals surface area contributed by atoms with Gasteiger partial charge in [0.2, 0.25) is 0 Å². The average Bonchev–Trinajstić information content (AvgIpc) is 2.36. The van der Waals surface area contributed by atoms with Crippen molar-refractivity contribution < 1.29 is 31.1 Å². The number of rotatable bonds is 5. The molecular formula is C11H7F6NO. The summed E-state index contributed by atoms with van der Waals surface area (Å²) in [5, 5.41) is 8.46. The van der Waals surface area contributed by atoms with Gasteiger partial charge in [0.1, 0.15) is 5.75 Å². The zero-order chi connectivity index (χ0) is 14.7. The standard InChI is InChI=1S/C11H7F6NO/c12-9(13)11(16,17)10(14,15)6-19-8-3-1-7(5-18)2-4-8/h1-4,9H,6H2. The van der Waals surface area contributed by atoms with Crippen LogP contribution in [-0.4, -0.2) is 24.9 Å². The van der Waals surface area contributed by atoms with E-state index in [0.29, 0.717) is 0 Å². The first-order valence-electron chi connectivity index (χ1n) is 4.87. The van der Waals surface area contributed by atoms with Gasteiger partial charge >= 0.3 is 18.3 Å². The number of ether oxygens (including phenoxy) is 1. The highest BCUT2D eigenvalue weighted by Crippen LogP contribution is 2.39. The van der Waals surface area contributed by atoms with Crippen LogP contribution in [0.25, 0.3) is 0 Å². The number of nitriles is 1. The van der Waals surface area contributed by atoms with Crippen molar-refractivity contribution in [3.05, 3.63) is 29.8 Å². The molecular weight excluding hydrogens is 276 g/mol. The van der Waals surface area contributed by atoms with Gasteiger partial charge in [-0.25, -0.2) is 8.78 Å². The van der Waals surface area contributed by atoms with Crippen LogP contribution in [0.3, 0.4) is 0 Å². The zero-order valence-corrected chi connectivity index (χ0v) is 9.22. The lowest BCUT2D eigenvalue weighted by atomic mass is 10.2. The summed E-state index contributed by atoms with van der Waals surface area (Å²) >= 11 is 0. The maximum absolute atomic E-state index is 12.9. The van der Waals surface area contributed by atoms with Gasteiger partial charge in [-0.15, -0.1) is 0 Å². The molecule has 0 bridgehead atoms. The largest absolute Gasteiger partial charge is 0.487 e. The van der Waals surface area contributed by atoms with Crippen molar-refractivity contribution >= 4 is 0 Å². The third kappa shape index (κ3) is 3.30. The minimum absolute atomic E-state index is 0.206. The van der Waals surface area contributed by atoms with Crippen LogP contribution in [0.2, 0.25) is 0 Å². The van der Waals surface area contributed by atoms with Gasteiger partial charge < -0.3 is 4.74 Å². The number of hydrogen-bond acceptors (Lipinski definition) is 2. The number of nitrogens with zero attached hydrogens (tertiary/aromatic N) is 1. The molecule has 0 aliphatic carbocycles. The Morgan fingerprint density at radius 2 is 1.63 bits per heavy atom. The summed E-state index contributed by atoms with van der Waals surface area (Å²) in [6, 6.07) is 6.34. The van der Waals surface area contributed by atoms with Crippen LogP contribution in [-0.2, 0) is 0 Å². The van der Waals surface area contributed by atoms with Gasteiger partial charge in [0, 0.05) is 0 Å². The molecule has 2 nitrogen and oxygen atoms in total. The van der Waals surface area contributed by atoms with Crippen molar-refractivity contribution in [2.24, 2.45) is 0 Å². The van der Waals surface area contributed by atoms with Crippen LogP contribution in [0, 0.1) is 11.3 Å². The molecule has 1 rings (SSSR count). The molecule has 1 aromatic rings. The topological polar surface area (TPSA) is 33.0 Å². The maximum Gasteiger partial charge on any atom is 0.372 e. The van der Waals surface area contributed by atoms with E-state index >= 15 is 0 Å². The van der Waals surface area contributed by atoms with E-state index in [-0.39, 0.29) is 11.3 Å². The van der Waals surface area contributed by atoms with E-state index < -0.39 is 24.9 Å². The molecule has 0 aliphatic rings. The third-order valence-electron chi connectivity index (χ3n) is 2.17. The summed E-state index contributed by atoms with van der Waals surface area (Å²) in [5.41, 5.74) is 0.206. The first-order chi connectivity index (χ1) is 8.70. The predicted molar refractivity (Wildman–Crippen MR) is 52.6 cm³/mol. The molecule has 0 heterocycles. The number of halogens is 6. The molecule has 0 aromatic heterocycles. The molecule has 0 atom stereocenters. The molecule has 0 spiro atoms. The zero-order valence-electron chi connectivity index (χ0n) is 9.22. The quantitative estimate of drug-likeness (QED) is 0.775. The normalized spacial score (nSPS) is 12.3. The van der Waals surface area contributed by atoms with E-state index in [1.165, 1.54) is 12.1 Å². The molecule has 0 fully saturated rings. The van der Waals surface area contributed by atoms with Gasteiger partial charge in [-0.3, -0.25) is 0 Å². The van der Waals surface area contributed by atoms with E-state index in [1.807, 2.05) is 0 Å². The first kappa shape index (κ1) is 15.1. The summed E-state index contributed by atoms with van der Waals surface area (Å²) < 4.78 is 78.8. The van der Waals surface area contributed by atoms with E-state index in [2.05, 4.69) is 4.74 Å². The average molecular weight is 283 g/mol. The Morgan fingerprint density at radius 3 is 2.05 bits per heavy atom. The van der Waals surface area contributed by atoms with Gasteiger partial charge in [0.15, 0.2) is 6.61 Å². The van der Waals surface area contributed by atoms with Gasteiger partial charge in [-0.05, 0) is 24.3 Å². The lowest BCUT2D eigenvalue weighted by Gasteiger charge is -2.25. The number of hydrogen-bond donors (Lipinski definition) is 0. The van der Waals surface area contributed by atoms with Crippen molar-refractivity contribution in [1.82, 2.24) is 0 Å². The van der Waals surface area contributed by atoms with Crippen LogP contribution < -0.4 is 4.74 Å². The molecule has 0 saturated heterocycles. The Balaban J connectivity index is 2.72. The second-order valence-corrected chi connectivity index (χ2v) is 3.55. The minimum Gasteiger partial charge on any atom is -0.487 e. The summed E-state index contributed by atoms with van der Waals surface area (Å²) in [6.07, 6.45) is -4.49. The summed E-state index contributed by atoms with van der Waals surface area (Å²) in [4.78, 5) is 0. The molecule has 8 heteroatoms. The molecule has 0 saturated carbocycles. The molecule has 19 heavy (non-hydrogen) atoms. The van der Waals surface area contributed by atoms with E-state index in [1.54, 1.807) is 6.07 Å². The van der Waals surface area contributed by atoms with Crippen molar-refractivity contribution in [1.29, 1.82) is 5.26 Å². The monoisotopic (exact) mass is 283 g/mol. The van der Waals surface area contributed by atoms with Crippen LogP contribution >= 0.6 is 0 Å². The smallest absolute Gasteiger partial charge is 0.372 e. The Bertz CT molecular complexity index is 465. The second-order valence-electron chi connectivity index (χ2n) is 3.55. The highest BCUT2D eigenvalue weighted by atomic mass is 19.3. The molecule has 0 amide bonds. The Kier molecular flexibility index (Phi) is 4.29. The van der Waals surface area contributed by atoms with E-state index in [4.69, 9.17) is 5.26 Å². The number of alkyl halides is 6. The van der Waals surface area contributed by atoms with E-state index in [0.717, 1.165) is 12.1 Å². The predicted octanol–water partition coefficient (Wildman–Crippen LogP) is 3.47. The molecule has 0 radical (unpaired) electrons. The fraction of sp³-hybridized carbons (Fsp3) is 0.364. The molecule has 0 N–H and O–H groups in total. The van der Waals surface area contributed by atoms with Crippen LogP contribution in [0.4, 0.5) is 26.3 Å². The van der Waals surface area contributed by atoms with Gasteiger partial charge in [-0.2, -0.15) is 22.8 Å². The van der Waals surface area contributed by atoms with Gasteiger partial charge in [0.25, 0.3) is 0 Å². The fourth-order valence-corrected chi connectivity index (χ4v) is 1.06. The Morgan fingerprint density at radius 1 is 1.11 bits per heavy atom. The molecule has 0 aliphatic heterocycles. The third-order valence-corrected chi connectivity index (χ3v) is 2.17. The van der Waals surface area contributed by atoms with Gasteiger partial charge in [-0.1, -0.05) is 0 Å². The highest BCUT2D eigenvalue weighted by Gasteiger charge is 2.63. The Hall–Kier alpha value is -1.91. The summed E-state index contributed by atoms with van der Waals surface area (Å²) in [6.45, 7) is -1.89. The first-order valence-corrected chi connectivity index (χ1v) is 4.87. The Labute approximate surface area is 104 Å². The van der Waals surface area contributed by atoms with Crippen molar-refractivity contribution in [3.8, 4) is 11.8 Å². The molecule has 104 valence electrons. The van der Waals surface area contributed by atoms with Crippen molar-refractivity contribution in [2.45, 2.75) is 18.3 Å². The summed E-state index contributed by atoms with van der Waals surface area (Å²) in [7, 11) is 0. The maximum atomic E-state index is 12.9. The van der Waals surface area contributed by atoms with E-state index in [9.17, 15) is 26.3 Å². The highest BCUT2D eigenvalue weighted by molar-refractivity contribution is 5.34. The lowest BCUT2D eigenvalue weighted by Crippen LogP contribution is -2.50. The van der Waals surface area contributed by atoms with Crippen LogP contribution in [0.5, 0.6) is 5.75 Å². The SMILES string of the molecule is N#Cc1ccc(OCC(F)(F)C(F)(F)C(F)F)cc1. The lowest BCUT2D eigenvalue weighted by molar-refractivity contribution is -0.271. The summed E-state index contributed by atoms with van der Waals surface area (Å²) in [5.74, 6) is -10.7. The van der Waals surface area contributed by atoms with Crippen molar-refractivity contribution in [3.63, 3.8) is 0 Å². The van der Waals surface area contributed by atoms with Crippen LogP contribution in [0.1, 0.15) is 5.56 Å². The molecule has 0 unspecified atom stereocenters. The fourth-order valence-electron chi connectivity index (χ4n) is 1.06. The minimum atomic E-state index is -5.47. The van der Waals surface area contributed by atoms with Crippen molar-refractivity contribution in [2.75, 3.05) is 6.61 Å². The van der Waals surface area contributed by atoms with Gasteiger partial charge in [0.05, 0.1) is 11.6 Å². The second kappa shape index (κ2) is 5.38. The number of benzene rings is 1. The van der Waals surface area contributed by atoms with Crippen LogP contribution in [0.15, 0.2) is 24.3 Å².